The van der Waals surface area contributed by atoms with Crippen LogP contribution in [0.5, 0.6) is 0 Å². The van der Waals surface area contributed by atoms with Gasteiger partial charge in [-0.25, -0.2) is 18.6 Å². The Bertz CT molecular complexity index is 1210. The Morgan fingerprint density at radius 2 is 1.84 bits per heavy atom. The van der Waals surface area contributed by atoms with Crippen LogP contribution in [-0.4, -0.2) is 65.4 Å². The van der Waals surface area contributed by atoms with Gasteiger partial charge < -0.3 is 24.4 Å². The number of nitrogens with zero attached hydrogens (tertiary/aromatic N) is 4. The molecule has 0 atom stereocenters. The number of ether oxygens (including phenoxy) is 1. The number of rotatable bonds is 6. The zero-order valence-corrected chi connectivity index (χ0v) is 22.3. The summed E-state index contributed by atoms with van der Waals surface area (Å²) in [4.78, 5) is 31.9. The van der Waals surface area contributed by atoms with Crippen LogP contribution in [0.3, 0.4) is 0 Å². The molecule has 1 aromatic carbocycles. The molecule has 3 rings (SSSR count). The molecule has 2 amide bonds. The Balaban J connectivity index is 1.80. The van der Waals surface area contributed by atoms with E-state index in [0.29, 0.717) is 31.7 Å². The van der Waals surface area contributed by atoms with Crippen molar-refractivity contribution in [1.29, 1.82) is 0 Å². The zero-order valence-electron chi connectivity index (χ0n) is 22.3. The third-order valence-electron chi connectivity index (χ3n) is 5.93. The highest BCUT2D eigenvalue weighted by Gasteiger charge is 2.30. The molecule has 1 fully saturated rings. The minimum atomic E-state index is -0.663. The number of anilines is 1. The second-order valence-corrected chi connectivity index (χ2v) is 10.2. The number of likely N-dealkylation sites (tertiary alicyclic amines) is 1. The van der Waals surface area contributed by atoms with Crippen LogP contribution in [0, 0.1) is 11.6 Å². The first-order valence-corrected chi connectivity index (χ1v) is 12.2. The summed E-state index contributed by atoms with van der Waals surface area (Å²) in [6.45, 7) is 12.0. The van der Waals surface area contributed by atoms with Crippen molar-refractivity contribution in [3.05, 3.63) is 53.7 Å². The summed E-state index contributed by atoms with van der Waals surface area (Å²) in [7, 11) is 3.16. The van der Waals surface area contributed by atoms with Gasteiger partial charge in [-0.05, 0) is 58.7 Å². The molecule has 1 N–H and O–H groups in total. The lowest BCUT2D eigenvalue weighted by molar-refractivity contribution is 0.0189. The molecule has 1 aliphatic heterocycles. The maximum atomic E-state index is 15.2. The van der Waals surface area contributed by atoms with E-state index in [9.17, 15) is 14.0 Å². The minimum Gasteiger partial charge on any atom is -0.444 e. The Hall–Kier alpha value is -3.69. The molecule has 37 heavy (non-hydrogen) atoms. The molecule has 2 heterocycles. The van der Waals surface area contributed by atoms with Crippen molar-refractivity contribution in [2.75, 3.05) is 32.5 Å². The SMILES string of the molecule is C=C(Nc1ccc(C(=O)N(C)C)cc1F)c1c(F)cn(C2CCN(C(=O)OC(C)(C)C)CC2)c1/N=C\C. The van der Waals surface area contributed by atoms with E-state index in [4.69, 9.17) is 4.74 Å². The molecule has 8 nitrogen and oxygen atoms in total. The fraction of sp³-hybridized carbons (Fsp3) is 0.444. The number of amides is 2. The van der Waals surface area contributed by atoms with Crippen LogP contribution in [0.15, 0.2) is 36.0 Å². The van der Waals surface area contributed by atoms with Gasteiger partial charge in [-0.1, -0.05) is 6.58 Å². The molecule has 1 aromatic heterocycles. The van der Waals surface area contributed by atoms with E-state index in [1.165, 1.54) is 23.2 Å². The maximum Gasteiger partial charge on any atom is 0.410 e. The number of benzene rings is 1. The van der Waals surface area contributed by atoms with Crippen LogP contribution >= 0.6 is 0 Å². The zero-order chi connectivity index (χ0) is 27.5. The fourth-order valence-electron chi connectivity index (χ4n) is 4.18. The van der Waals surface area contributed by atoms with Crippen LogP contribution in [0.2, 0.25) is 0 Å². The number of aromatic nitrogens is 1. The second-order valence-electron chi connectivity index (χ2n) is 10.2. The normalized spacial score (nSPS) is 14.6. The van der Waals surface area contributed by atoms with Crippen molar-refractivity contribution in [1.82, 2.24) is 14.4 Å². The summed E-state index contributed by atoms with van der Waals surface area (Å²) < 4.78 is 37.2. The summed E-state index contributed by atoms with van der Waals surface area (Å²) in [5.41, 5.74) is -0.0616. The molecule has 2 aromatic rings. The predicted octanol–water partition coefficient (Wildman–Crippen LogP) is 5.85. The van der Waals surface area contributed by atoms with E-state index >= 15 is 4.39 Å². The highest BCUT2D eigenvalue weighted by molar-refractivity contribution is 5.94. The average Bonchev–Trinajstić information content (AvgIpc) is 3.14. The third-order valence-corrected chi connectivity index (χ3v) is 5.93. The number of piperidine rings is 1. The Morgan fingerprint density at radius 3 is 2.38 bits per heavy atom. The van der Waals surface area contributed by atoms with Gasteiger partial charge in [-0.2, -0.15) is 0 Å². The van der Waals surface area contributed by atoms with E-state index in [0.717, 1.165) is 6.07 Å². The Labute approximate surface area is 216 Å². The van der Waals surface area contributed by atoms with Crippen molar-refractivity contribution in [2.24, 2.45) is 4.99 Å². The molecular formula is C27H35F2N5O3. The van der Waals surface area contributed by atoms with E-state index in [1.54, 1.807) is 36.7 Å². The van der Waals surface area contributed by atoms with Gasteiger partial charge in [0.15, 0.2) is 5.82 Å². The lowest BCUT2D eigenvalue weighted by atomic mass is 10.1. The van der Waals surface area contributed by atoms with Crippen molar-refractivity contribution < 1.29 is 23.1 Å². The molecule has 0 radical (unpaired) electrons. The number of carbonyl (C=O) groups is 2. The average molecular weight is 516 g/mol. The highest BCUT2D eigenvalue weighted by Crippen LogP contribution is 2.37. The maximum absolute atomic E-state index is 15.2. The third kappa shape index (κ3) is 6.55. The minimum absolute atomic E-state index is 0.0598. The molecule has 0 spiro atoms. The molecular weight excluding hydrogens is 480 g/mol. The van der Waals surface area contributed by atoms with Crippen molar-refractivity contribution in [3.8, 4) is 0 Å². The first kappa shape index (κ1) is 27.9. The number of carbonyl (C=O) groups excluding carboxylic acids is 2. The monoisotopic (exact) mass is 515 g/mol. The summed E-state index contributed by atoms with van der Waals surface area (Å²) >= 11 is 0. The first-order chi connectivity index (χ1) is 17.3. The molecule has 0 unspecified atom stereocenters. The highest BCUT2D eigenvalue weighted by atomic mass is 19.1. The molecule has 1 saturated heterocycles. The topological polar surface area (TPSA) is 79.2 Å². The van der Waals surface area contributed by atoms with Crippen LogP contribution in [0.25, 0.3) is 5.70 Å². The van der Waals surface area contributed by atoms with Crippen LogP contribution in [0.1, 0.15) is 62.5 Å². The van der Waals surface area contributed by atoms with Gasteiger partial charge in [-0.15, -0.1) is 0 Å². The molecule has 0 bridgehead atoms. The van der Waals surface area contributed by atoms with Gasteiger partial charge in [0.25, 0.3) is 5.91 Å². The first-order valence-electron chi connectivity index (χ1n) is 12.2. The van der Waals surface area contributed by atoms with Crippen LogP contribution in [0.4, 0.5) is 25.1 Å². The van der Waals surface area contributed by atoms with Crippen LogP contribution < -0.4 is 5.32 Å². The van der Waals surface area contributed by atoms with E-state index in [2.05, 4.69) is 16.9 Å². The molecule has 0 aliphatic carbocycles. The Morgan fingerprint density at radius 1 is 1.19 bits per heavy atom. The summed E-state index contributed by atoms with van der Waals surface area (Å²) in [5.74, 6) is -1.19. The van der Waals surface area contributed by atoms with Crippen LogP contribution in [-0.2, 0) is 4.74 Å². The molecule has 10 heteroatoms. The smallest absolute Gasteiger partial charge is 0.410 e. The van der Waals surface area contributed by atoms with Crippen molar-refractivity contribution in [3.63, 3.8) is 0 Å². The summed E-state index contributed by atoms with van der Waals surface area (Å²) in [5, 5.41) is 2.83. The molecule has 200 valence electrons. The number of hydrogen-bond donors (Lipinski definition) is 1. The number of nitrogens with one attached hydrogen (secondary N) is 1. The molecule has 0 saturated carbocycles. The predicted molar refractivity (Wildman–Crippen MR) is 141 cm³/mol. The van der Waals surface area contributed by atoms with Gasteiger partial charge in [0, 0.05) is 56.9 Å². The summed E-state index contributed by atoms with van der Waals surface area (Å²) in [6, 6.07) is 3.94. The van der Waals surface area contributed by atoms with E-state index in [1.807, 2.05) is 20.8 Å². The van der Waals surface area contributed by atoms with E-state index in [-0.39, 0.29) is 40.6 Å². The van der Waals surface area contributed by atoms with Gasteiger partial charge >= 0.3 is 6.09 Å². The molecule has 1 aliphatic rings. The van der Waals surface area contributed by atoms with Gasteiger partial charge in [-0.3, -0.25) is 4.79 Å². The van der Waals surface area contributed by atoms with Gasteiger partial charge in [0.1, 0.15) is 17.2 Å². The number of aliphatic imine (C=N–C) groups is 1. The Kier molecular flexibility index (Phi) is 8.40. The van der Waals surface area contributed by atoms with Gasteiger partial charge in [0.05, 0.1) is 11.3 Å². The van der Waals surface area contributed by atoms with Crippen molar-refractivity contribution in [2.45, 2.75) is 52.2 Å². The second kappa shape index (κ2) is 11.1. The lowest BCUT2D eigenvalue weighted by Crippen LogP contribution is -2.42. The lowest BCUT2D eigenvalue weighted by Gasteiger charge is -2.34. The summed E-state index contributed by atoms with van der Waals surface area (Å²) in [6.07, 6.45) is 3.74. The van der Waals surface area contributed by atoms with E-state index < -0.39 is 17.2 Å². The largest absolute Gasteiger partial charge is 0.444 e. The quantitative estimate of drug-likeness (QED) is 0.490. The van der Waals surface area contributed by atoms with Crippen molar-refractivity contribution >= 4 is 35.4 Å². The van der Waals surface area contributed by atoms with Gasteiger partial charge in [0.2, 0.25) is 0 Å². The fourth-order valence-corrected chi connectivity index (χ4v) is 4.18. The standard InChI is InChI=1S/C27H35F2N5O3/c1-8-30-24-23(17(2)31-22-10-9-18(15-20(22)28)25(35)32(6)7)21(29)16-34(24)19-11-13-33(14-12-19)26(36)37-27(3,4)5/h8-10,15-16,19,31H,2,11-14H2,1,3-7H3/b30-8-. The number of halogens is 2. The number of hydrogen-bond acceptors (Lipinski definition) is 5.